The summed E-state index contributed by atoms with van der Waals surface area (Å²) < 4.78 is 0. The smallest absolute Gasteiger partial charge is 0.148 e. The van der Waals surface area contributed by atoms with Crippen LogP contribution >= 0.6 is 0 Å². The molecule has 1 saturated heterocycles. The maximum atomic E-state index is 8.77. The largest absolute Gasteiger partial charge is 0.409 e. The van der Waals surface area contributed by atoms with Gasteiger partial charge in [0.05, 0.1) is 0 Å². The molecule has 1 fully saturated rings. The number of anilines is 2. The number of hydrogen-bond acceptors (Lipinski definition) is 3. The number of rotatable bonds is 1. The molecule has 0 radical (unpaired) electrons. The summed E-state index contributed by atoms with van der Waals surface area (Å²) in [6.07, 6.45) is 1.87. The summed E-state index contributed by atoms with van der Waals surface area (Å²) >= 11 is 0. The fraction of sp³-hybridized carbons (Fsp3) is 0.300. The highest BCUT2D eigenvalue weighted by molar-refractivity contribution is 5.99. The third-order valence-corrected chi connectivity index (χ3v) is 2.41. The second-order valence-electron chi connectivity index (χ2n) is 3.36. The van der Waals surface area contributed by atoms with Gasteiger partial charge in [0.2, 0.25) is 0 Å². The SMILES string of the molecule is Nc1ccc(N2CCCC2=NO)cc1. The van der Waals surface area contributed by atoms with Crippen LogP contribution in [0.1, 0.15) is 12.8 Å². The molecule has 0 unspecified atom stereocenters. The third kappa shape index (κ3) is 1.51. The van der Waals surface area contributed by atoms with Crippen LogP contribution in [0.2, 0.25) is 0 Å². The van der Waals surface area contributed by atoms with Gasteiger partial charge in [-0.1, -0.05) is 5.16 Å². The topological polar surface area (TPSA) is 61.8 Å². The van der Waals surface area contributed by atoms with Gasteiger partial charge in [0, 0.05) is 24.3 Å². The van der Waals surface area contributed by atoms with Gasteiger partial charge in [-0.2, -0.15) is 0 Å². The van der Waals surface area contributed by atoms with E-state index in [1.165, 1.54) is 0 Å². The maximum absolute atomic E-state index is 8.77. The summed E-state index contributed by atoms with van der Waals surface area (Å²) in [7, 11) is 0. The van der Waals surface area contributed by atoms with Gasteiger partial charge < -0.3 is 15.8 Å². The van der Waals surface area contributed by atoms with Gasteiger partial charge in [-0.3, -0.25) is 0 Å². The minimum Gasteiger partial charge on any atom is -0.409 e. The molecule has 2 rings (SSSR count). The molecular weight excluding hydrogens is 178 g/mol. The first-order valence-corrected chi connectivity index (χ1v) is 4.65. The van der Waals surface area contributed by atoms with Crippen molar-refractivity contribution in [2.75, 3.05) is 17.2 Å². The van der Waals surface area contributed by atoms with Gasteiger partial charge in [-0.15, -0.1) is 0 Å². The molecule has 4 heteroatoms. The van der Waals surface area contributed by atoms with Crippen LogP contribution in [0.15, 0.2) is 29.4 Å². The average molecular weight is 191 g/mol. The molecule has 1 heterocycles. The van der Waals surface area contributed by atoms with Crippen LogP contribution in [0.5, 0.6) is 0 Å². The van der Waals surface area contributed by atoms with Crippen molar-refractivity contribution in [3.05, 3.63) is 24.3 Å². The summed E-state index contributed by atoms with van der Waals surface area (Å²) in [4.78, 5) is 2.00. The van der Waals surface area contributed by atoms with Crippen molar-refractivity contribution in [3.63, 3.8) is 0 Å². The van der Waals surface area contributed by atoms with Gasteiger partial charge in [0.25, 0.3) is 0 Å². The number of amidine groups is 1. The lowest BCUT2D eigenvalue weighted by molar-refractivity contribution is 0.317. The van der Waals surface area contributed by atoms with E-state index in [9.17, 15) is 0 Å². The molecule has 3 N–H and O–H groups in total. The fourth-order valence-corrected chi connectivity index (χ4v) is 1.70. The molecule has 0 aromatic heterocycles. The third-order valence-electron chi connectivity index (χ3n) is 2.41. The van der Waals surface area contributed by atoms with Gasteiger partial charge in [0.15, 0.2) is 0 Å². The van der Waals surface area contributed by atoms with Crippen LogP contribution in [0.4, 0.5) is 11.4 Å². The minimum absolute atomic E-state index is 0.731. The number of nitrogen functional groups attached to an aromatic ring is 1. The molecule has 0 aliphatic carbocycles. The highest BCUT2D eigenvalue weighted by Gasteiger charge is 2.20. The summed E-state index contributed by atoms with van der Waals surface area (Å²) in [5, 5.41) is 12.1. The van der Waals surface area contributed by atoms with Crippen molar-refractivity contribution in [2.24, 2.45) is 5.16 Å². The highest BCUT2D eigenvalue weighted by atomic mass is 16.4. The standard InChI is InChI=1S/C10H13N3O/c11-8-3-5-9(6-4-8)13-7-1-2-10(13)12-14/h3-6,14H,1-2,7,11H2. The Morgan fingerprint density at radius 1 is 1.29 bits per heavy atom. The molecule has 0 bridgehead atoms. The van der Waals surface area contributed by atoms with Crippen LogP contribution in [0.3, 0.4) is 0 Å². The van der Waals surface area contributed by atoms with Crippen molar-refractivity contribution in [1.29, 1.82) is 0 Å². The predicted molar refractivity (Wildman–Crippen MR) is 56.7 cm³/mol. The summed E-state index contributed by atoms with van der Waals surface area (Å²) in [5.41, 5.74) is 7.37. The van der Waals surface area contributed by atoms with Crippen LogP contribution in [-0.2, 0) is 0 Å². The van der Waals surface area contributed by atoms with Gasteiger partial charge in [0.1, 0.15) is 5.84 Å². The first kappa shape index (κ1) is 8.87. The first-order chi connectivity index (χ1) is 6.81. The number of nitrogens with two attached hydrogens (primary N) is 1. The van der Waals surface area contributed by atoms with Crippen LogP contribution in [-0.4, -0.2) is 17.6 Å². The molecule has 1 aliphatic heterocycles. The normalized spacial score (nSPS) is 19.1. The Morgan fingerprint density at radius 3 is 2.64 bits per heavy atom. The zero-order valence-electron chi connectivity index (χ0n) is 7.85. The minimum atomic E-state index is 0.731. The summed E-state index contributed by atoms with van der Waals surface area (Å²) in [5.74, 6) is 0.731. The van der Waals surface area contributed by atoms with E-state index in [1.807, 2.05) is 29.2 Å². The second kappa shape index (κ2) is 3.57. The lowest BCUT2D eigenvalue weighted by atomic mass is 10.2. The van der Waals surface area contributed by atoms with Crippen molar-refractivity contribution in [2.45, 2.75) is 12.8 Å². The van der Waals surface area contributed by atoms with E-state index in [0.717, 1.165) is 36.6 Å². The van der Waals surface area contributed by atoms with Crippen LogP contribution < -0.4 is 10.6 Å². The number of nitrogens with zero attached hydrogens (tertiary/aromatic N) is 2. The molecule has 14 heavy (non-hydrogen) atoms. The molecule has 1 aliphatic rings. The quantitative estimate of drug-likeness (QED) is 0.403. The summed E-state index contributed by atoms with van der Waals surface area (Å²) in [6.45, 7) is 0.906. The predicted octanol–water partition coefficient (Wildman–Crippen LogP) is 1.66. The molecule has 0 saturated carbocycles. The lowest BCUT2D eigenvalue weighted by Gasteiger charge is -2.17. The van der Waals surface area contributed by atoms with E-state index >= 15 is 0 Å². The van der Waals surface area contributed by atoms with Crippen molar-refractivity contribution < 1.29 is 5.21 Å². The number of benzene rings is 1. The first-order valence-electron chi connectivity index (χ1n) is 4.65. The van der Waals surface area contributed by atoms with Crippen LogP contribution in [0, 0.1) is 0 Å². The Kier molecular flexibility index (Phi) is 2.26. The molecular formula is C10H13N3O. The fourth-order valence-electron chi connectivity index (χ4n) is 1.70. The molecule has 0 atom stereocenters. The molecule has 0 spiro atoms. The van der Waals surface area contributed by atoms with Gasteiger partial charge >= 0.3 is 0 Å². The zero-order chi connectivity index (χ0) is 9.97. The van der Waals surface area contributed by atoms with E-state index in [4.69, 9.17) is 10.9 Å². The Labute approximate surface area is 82.6 Å². The average Bonchev–Trinajstić information content (AvgIpc) is 2.67. The van der Waals surface area contributed by atoms with E-state index < -0.39 is 0 Å². The van der Waals surface area contributed by atoms with Gasteiger partial charge in [-0.05, 0) is 30.7 Å². The molecule has 1 aromatic carbocycles. The van der Waals surface area contributed by atoms with E-state index in [0.29, 0.717) is 0 Å². The van der Waals surface area contributed by atoms with Crippen molar-refractivity contribution in [3.8, 4) is 0 Å². The molecule has 74 valence electrons. The lowest BCUT2D eigenvalue weighted by Crippen LogP contribution is -2.23. The molecule has 4 nitrogen and oxygen atoms in total. The Morgan fingerprint density at radius 2 is 2.00 bits per heavy atom. The number of oxime groups is 1. The second-order valence-corrected chi connectivity index (χ2v) is 3.36. The monoisotopic (exact) mass is 191 g/mol. The van der Waals surface area contributed by atoms with Crippen molar-refractivity contribution >= 4 is 17.2 Å². The summed E-state index contributed by atoms with van der Waals surface area (Å²) in [6, 6.07) is 7.57. The van der Waals surface area contributed by atoms with Gasteiger partial charge in [-0.25, -0.2) is 0 Å². The number of hydrogen-bond donors (Lipinski definition) is 2. The van der Waals surface area contributed by atoms with Crippen LogP contribution in [0.25, 0.3) is 0 Å². The molecule has 0 amide bonds. The molecule has 1 aromatic rings. The Bertz CT molecular complexity index is 345. The van der Waals surface area contributed by atoms with E-state index in [-0.39, 0.29) is 0 Å². The Balaban J connectivity index is 2.26. The van der Waals surface area contributed by atoms with Crippen molar-refractivity contribution in [1.82, 2.24) is 0 Å². The highest BCUT2D eigenvalue weighted by Crippen LogP contribution is 2.22. The maximum Gasteiger partial charge on any atom is 0.148 e. The van der Waals surface area contributed by atoms with E-state index in [2.05, 4.69) is 5.16 Å². The zero-order valence-corrected chi connectivity index (χ0v) is 7.85. The Hall–Kier alpha value is -1.71. The van der Waals surface area contributed by atoms with E-state index in [1.54, 1.807) is 0 Å².